The predicted molar refractivity (Wildman–Crippen MR) is 82.7 cm³/mol. The first kappa shape index (κ1) is 14.1. The molecule has 1 aliphatic rings. The van der Waals surface area contributed by atoms with Gasteiger partial charge in [-0.3, -0.25) is 0 Å². The van der Waals surface area contributed by atoms with E-state index in [0.29, 0.717) is 11.0 Å². The summed E-state index contributed by atoms with van der Waals surface area (Å²) >= 11 is 3.20. The van der Waals surface area contributed by atoms with E-state index in [9.17, 15) is 9.18 Å². The molecule has 6 heteroatoms. The van der Waals surface area contributed by atoms with Crippen LogP contribution < -0.4 is 5.32 Å². The van der Waals surface area contributed by atoms with Crippen LogP contribution >= 0.6 is 15.9 Å². The lowest BCUT2D eigenvalue weighted by Gasteiger charge is -2.34. The zero-order valence-corrected chi connectivity index (χ0v) is 13.1. The molecular weight excluding hydrogens is 337 g/mol. The van der Waals surface area contributed by atoms with Gasteiger partial charge in [0.25, 0.3) is 0 Å². The Bertz CT molecular complexity index is 685. The third-order valence-electron chi connectivity index (χ3n) is 3.78. The fourth-order valence-corrected chi connectivity index (χ4v) is 2.97. The second-order valence-electron chi connectivity index (χ2n) is 5.05. The van der Waals surface area contributed by atoms with Crippen LogP contribution in [-0.2, 0) is 6.54 Å². The molecule has 0 bridgehead atoms. The van der Waals surface area contributed by atoms with Crippen LogP contribution in [0.3, 0.4) is 0 Å². The molecule has 0 fully saturated rings. The third-order valence-corrected chi connectivity index (χ3v) is 4.27. The van der Waals surface area contributed by atoms with E-state index in [0.717, 1.165) is 12.2 Å². The summed E-state index contributed by atoms with van der Waals surface area (Å²) < 4.78 is 16.6. The highest BCUT2D eigenvalue weighted by atomic mass is 79.9. The van der Waals surface area contributed by atoms with Crippen LogP contribution in [0.15, 0.2) is 41.0 Å². The van der Waals surface area contributed by atoms with E-state index in [-0.39, 0.29) is 17.8 Å². The molecule has 2 amide bonds. The number of fused-ring (bicyclic) bond motifs is 1. The van der Waals surface area contributed by atoms with Gasteiger partial charge < -0.3 is 14.8 Å². The van der Waals surface area contributed by atoms with Crippen molar-refractivity contribution in [1.82, 2.24) is 9.47 Å². The van der Waals surface area contributed by atoms with E-state index in [1.165, 1.54) is 6.07 Å². The maximum atomic E-state index is 13.8. The summed E-state index contributed by atoms with van der Waals surface area (Å²) in [6.07, 6.45) is 2.01. The van der Waals surface area contributed by atoms with Crippen molar-refractivity contribution in [2.24, 2.45) is 0 Å². The van der Waals surface area contributed by atoms with Crippen molar-refractivity contribution in [3.63, 3.8) is 0 Å². The first-order valence-electron chi connectivity index (χ1n) is 6.74. The summed E-state index contributed by atoms with van der Waals surface area (Å²) in [6.45, 7) is 3.33. The molecule has 2 heterocycles. The number of benzene rings is 1. The maximum Gasteiger partial charge on any atom is 0.322 e. The predicted octanol–water partition coefficient (Wildman–Crippen LogP) is 4.00. The lowest BCUT2D eigenvalue weighted by atomic mass is 10.1. The molecule has 0 radical (unpaired) electrons. The molecule has 1 aromatic heterocycles. The largest absolute Gasteiger partial charge is 0.348 e. The van der Waals surface area contributed by atoms with Gasteiger partial charge in [-0.25, -0.2) is 9.18 Å². The highest BCUT2D eigenvalue weighted by molar-refractivity contribution is 9.10. The molecule has 3 rings (SSSR count). The summed E-state index contributed by atoms with van der Waals surface area (Å²) in [6, 6.07) is 8.24. The number of nitrogens with one attached hydrogen (secondary N) is 1. The van der Waals surface area contributed by atoms with Crippen molar-refractivity contribution in [3.05, 3.63) is 52.5 Å². The molecule has 1 N–H and O–H groups in total. The average molecular weight is 352 g/mol. The zero-order chi connectivity index (χ0) is 15.0. The summed E-state index contributed by atoms with van der Waals surface area (Å²) in [5.41, 5.74) is 1.28. The van der Waals surface area contributed by atoms with Gasteiger partial charge in [0.15, 0.2) is 0 Å². The Morgan fingerprint density at radius 3 is 2.95 bits per heavy atom. The SMILES string of the molecule is CC1c2cccn2CCN1C(=O)Nc1ccc(Br)cc1F. The summed E-state index contributed by atoms with van der Waals surface area (Å²) in [5.74, 6) is -0.453. The number of hydrogen-bond donors (Lipinski definition) is 1. The van der Waals surface area contributed by atoms with E-state index in [1.807, 2.05) is 25.3 Å². The molecule has 1 aromatic carbocycles. The molecule has 110 valence electrons. The van der Waals surface area contributed by atoms with Crippen LogP contribution in [0.25, 0.3) is 0 Å². The van der Waals surface area contributed by atoms with Gasteiger partial charge >= 0.3 is 6.03 Å². The number of hydrogen-bond acceptors (Lipinski definition) is 1. The molecule has 2 aromatic rings. The van der Waals surface area contributed by atoms with Gasteiger partial charge in [-0.2, -0.15) is 0 Å². The minimum atomic E-state index is -0.453. The average Bonchev–Trinajstić information content (AvgIpc) is 2.91. The quantitative estimate of drug-likeness (QED) is 0.828. The molecule has 0 saturated carbocycles. The van der Waals surface area contributed by atoms with Gasteiger partial charge in [0.1, 0.15) is 5.82 Å². The van der Waals surface area contributed by atoms with Crippen LogP contribution in [0, 0.1) is 5.82 Å². The first-order valence-corrected chi connectivity index (χ1v) is 7.53. The van der Waals surface area contributed by atoms with Gasteiger partial charge in [-0.1, -0.05) is 15.9 Å². The minimum Gasteiger partial charge on any atom is -0.348 e. The number of halogens is 2. The number of carbonyl (C=O) groups excluding carboxylic acids is 1. The van der Waals surface area contributed by atoms with Gasteiger partial charge in [-0.05, 0) is 37.3 Å². The highest BCUT2D eigenvalue weighted by Gasteiger charge is 2.27. The van der Waals surface area contributed by atoms with Crippen molar-refractivity contribution in [2.45, 2.75) is 19.5 Å². The second-order valence-corrected chi connectivity index (χ2v) is 5.97. The van der Waals surface area contributed by atoms with Crippen LogP contribution in [-0.4, -0.2) is 22.0 Å². The third kappa shape index (κ3) is 2.68. The fourth-order valence-electron chi connectivity index (χ4n) is 2.63. The van der Waals surface area contributed by atoms with Crippen LogP contribution in [0.2, 0.25) is 0 Å². The number of nitrogens with zero attached hydrogens (tertiary/aromatic N) is 2. The molecule has 1 unspecified atom stereocenters. The van der Waals surface area contributed by atoms with Gasteiger partial charge in [-0.15, -0.1) is 0 Å². The van der Waals surface area contributed by atoms with E-state index in [1.54, 1.807) is 17.0 Å². The van der Waals surface area contributed by atoms with Crippen molar-refractivity contribution in [2.75, 3.05) is 11.9 Å². The normalized spacial score (nSPS) is 17.5. The summed E-state index contributed by atoms with van der Waals surface area (Å²) in [5, 5.41) is 2.64. The Hall–Kier alpha value is -1.82. The number of amides is 2. The van der Waals surface area contributed by atoms with Crippen molar-refractivity contribution < 1.29 is 9.18 Å². The maximum absolute atomic E-state index is 13.8. The minimum absolute atomic E-state index is 0.0349. The molecule has 21 heavy (non-hydrogen) atoms. The molecule has 0 aliphatic carbocycles. The van der Waals surface area contributed by atoms with Gasteiger partial charge in [0.2, 0.25) is 0 Å². The smallest absolute Gasteiger partial charge is 0.322 e. The van der Waals surface area contributed by atoms with Gasteiger partial charge in [0.05, 0.1) is 11.7 Å². The Morgan fingerprint density at radius 1 is 1.38 bits per heavy atom. The molecular formula is C15H15BrFN3O. The van der Waals surface area contributed by atoms with Crippen LogP contribution in [0.5, 0.6) is 0 Å². The van der Waals surface area contributed by atoms with E-state index >= 15 is 0 Å². The molecule has 4 nitrogen and oxygen atoms in total. The number of anilines is 1. The van der Waals surface area contributed by atoms with E-state index in [4.69, 9.17) is 0 Å². The lowest BCUT2D eigenvalue weighted by Crippen LogP contribution is -2.43. The van der Waals surface area contributed by atoms with Crippen LogP contribution in [0.4, 0.5) is 14.9 Å². The Labute approximate surface area is 130 Å². The zero-order valence-electron chi connectivity index (χ0n) is 11.5. The van der Waals surface area contributed by atoms with E-state index < -0.39 is 5.82 Å². The Kier molecular flexibility index (Phi) is 3.71. The highest BCUT2D eigenvalue weighted by Crippen LogP contribution is 2.26. The van der Waals surface area contributed by atoms with E-state index in [2.05, 4.69) is 25.8 Å². The first-order chi connectivity index (χ1) is 10.1. The fraction of sp³-hybridized carbons (Fsp3) is 0.267. The Balaban J connectivity index is 1.77. The summed E-state index contributed by atoms with van der Waals surface area (Å²) in [7, 11) is 0. The number of aromatic nitrogens is 1. The number of urea groups is 1. The topological polar surface area (TPSA) is 37.3 Å². The molecule has 1 atom stereocenters. The standard InChI is InChI=1S/C15H15BrFN3O/c1-10-14-3-2-6-19(14)7-8-20(10)15(21)18-13-5-4-11(16)9-12(13)17/h2-6,9-10H,7-8H2,1H3,(H,18,21). The van der Waals surface area contributed by atoms with Gasteiger partial charge in [0, 0.05) is 29.5 Å². The molecule has 0 spiro atoms. The summed E-state index contributed by atoms with van der Waals surface area (Å²) in [4.78, 5) is 14.1. The van der Waals surface area contributed by atoms with Crippen LogP contribution in [0.1, 0.15) is 18.7 Å². The molecule has 0 saturated heterocycles. The number of rotatable bonds is 1. The van der Waals surface area contributed by atoms with Crippen molar-refractivity contribution in [3.8, 4) is 0 Å². The number of carbonyl (C=O) groups is 1. The van der Waals surface area contributed by atoms with Crippen molar-refractivity contribution in [1.29, 1.82) is 0 Å². The lowest BCUT2D eigenvalue weighted by molar-refractivity contribution is 0.175. The monoisotopic (exact) mass is 351 g/mol. The Morgan fingerprint density at radius 2 is 2.19 bits per heavy atom. The molecule has 1 aliphatic heterocycles. The second kappa shape index (κ2) is 5.52. The van der Waals surface area contributed by atoms with Crippen molar-refractivity contribution >= 4 is 27.6 Å².